The zero-order chi connectivity index (χ0) is 10.7. The maximum Gasteiger partial charge on any atom is 0.224 e. The lowest BCUT2D eigenvalue weighted by atomic mass is 10.2. The van der Waals surface area contributed by atoms with E-state index >= 15 is 0 Å². The molecule has 0 bridgehead atoms. The predicted molar refractivity (Wildman–Crippen MR) is 52.4 cm³/mol. The third kappa shape index (κ3) is 1.80. The van der Waals surface area contributed by atoms with Crippen molar-refractivity contribution in [3.8, 4) is 6.07 Å². The Morgan fingerprint density at radius 2 is 2.36 bits per heavy atom. The number of carbonyl (C=O) groups excluding carboxylic acids is 1. The van der Waals surface area contributed by atoms with Crippen molar-refractivity contribution < 1.29 is 4.79 Å². The normalized spacial score (nSPS) is 9.21. The number of hydrogen-bond acceptors (Lipinski definition) is 4. The second kappa shape index (κ2) is 3.75. The van der Waals surface area contributed by atoms with Gasteiger partial charge in [0.25, 0.3) is 0 Å². The summed E-state index contributed by atoms with van der Waals surface area (Å²) in [5.41, 5.74) is 6.16. The molecule has 5 heteroatoms. The molecule has 5 nitrogen and oxygen atoms in total. The van der Waals surface area contributed by atoms with Gasteiger partial charge in [-0.3, -0.25) is 9.69 Å². The summed E-state index contributed by atoms with van der Waals surface area (Å²) in [5, 5.41) is 8.79. The largest absolute Gasteiger partial charge is 0.397 e. The smallest absolute Gasteiger partial charge is 0.224 e. The van der Waals surface area contributed by atoms with Crippen molar-refractivity contribution >= 4 is 17.4 Å². The zero-order valence-corrected chi connectivity index (χ0v) is 7.98. The lowest BCUT2D eigenvalue weighted by Crippen LogP contribution is -2.24. The topological polar surface area (TPSA) is 83.0 Å². The summed E-state index contributed by atoms with van der Waals surface area (Å²) in [5.74, 6) is 0.146. The maximum absolute atomic E-state index is 11.0. The average Bonchev–Trinajstić information content (AvgIpc) is 2.16. The molecule has 72 valence electrons. The van der Waals surface area contributed by atoms with E-state index in [1.54, 1.807) is 7.05 Å². The Kier molecular flexibility index (Phi) is 2.67. The minimum atomic E-state index is -0.182. The van der Waals surface area contributed by atoms with Crippen molar-refractivity contribution in [1.29, 1.82) is 5.26 Å². The standard InChI is InChI=1S/C9H10N4O/c1-6(14)13(2)9-7(4-10)3-8(11)5-12-9/h3,5H,11H2,1-2H3. The summed E-state index contributed by atoms with van der Waals surface area (Å²) >= 11 is 0. The van der Waals surface area contributed by atoms with Crippen LogP contribution in [0.3, 0.4) is 0 Å². The first-order chi connectivity index (χ1) is 6.56. The van der Waals surface area contributed by atoms with Crippen LogP contribution in [0.2, 0.25) is 0 Å². The number of rotatable bonds is 1. The van der Waals surface area contributed by atoms with Crippen molar-refractivity contribution in [2.24, 2.45) is 0 Å². The number of amides is 1. The fourth-order valence-electron chi connectivity index (χ4n) is 0.972. The lowest BCUT2D eigenvalue weighted by Gasteiger charge is -2.14. The van der Waals surface area contributed by atoms with Crippen LogP contribution in [0.5, 0.6) is 0 Å². The van der Waals surface area contributed by atoms with E-state index in [4.69, 9.17) is 11.0 Å². The van der Waals surface area contributed by atoms with E-state index in [-0.39, 0.29) is 5.91 Å². The first kappa shape index (κ1) is 9.99. The summed E-state index contributed by atoms with van der Waals surface area (Å²) in [6.07, 6.45) is 1.41. The fourth-order valence-corrected chi connectivity index (χ4v) is 0.972. The van der Waals surface area contributed by atoms with Gasteiger partial charge in [0.05, 0.1) is 17.4 Å². The lowest BCUT2D eigenvalue weighted by molar-refractivity contribution is -0.116. The van der Waals surface area contributed by atoms with Gasteiger partial charge in [-0.05, 0) is 6.07 Å². The molecule has 0 aliphatic heterocycles. The number of nitriles is 1. The average molecular weight is 190 g/mol. The van der Waals surface area contributed by atoms with Crippen LogP contribution in [0, 0.1) is 11.3 Å². The van der Waals surface area contributed by atoms with Gasteiger partial charge in [-0.2, -0.15) is 5.26 Å². The van der Waals surface area contributed by atoms with Gasteiger partial charge in [0.15, 0.2) is 5.82 Å². The number of anilines is 2. The highest BCUT2D eigenvalue weighted by molar-refractivity contribution is 5.91. The number of aromatic nitrogens is 1. The third-order valence-corrected chi connectivity index (χ3v) is 1.80. The Balaban J connectivity index is 3.22. The molecule has 1 rings (SSSR count). The number of hydrogen-bond donors (Lipinski definition) is 1. The molecular weight excluding hydrogens is 180 g/mol. The van der Waals surface area contributed by atoms with Crippen molar-refractivity contribution in [2.45, 2.75) is 6.92 Å². The fraction of sp³-hybridized carbons (Fsp3) is 0.222. The van der Waals surface area contributed by atoms with Gasteiger partial charge >= 0.3 is 0 Å². The molecule has 0 atom stereocenters. The highest BCUT2D eigenvalue weighted by Gasteiger charge is 2.12. The van der Waals surface area contributed by atoms with E-state index in [0.717, 1.165) is 0 Å². The van der Waals surface area contributed by atoms with E-state index in [1.807, 2.05) is 6.07 Å². The minimum absolute atomic E-state index is 0.182. The summed E-state index contributed by atoms with van der Waals surface area (Å²) in [7, 11) is 1.56. The molecule has 0 aliphatic carbocycles. The first-order valence-corrected chi connectivity index (χ1v) is 3.96. The number of nitrogens with two attached hydrogens (primary N) is 1. The van der Waals surface area contributed by atoms with Gasteiger partial charge in [0.2, 0.25) is 5.91 Å². The molecule has 1 aromatic heterocycles. The monoisotopic (exact) mass is 190 g/mol. The SMILES string of the molecule is CC(=O)N(C)c1ncc(N)cc1C#N. The van der Waals surface area contributed by atoms with Crippen LogP contribution in [-0.4, -0.2) is 17.9 Å². The number of pyridine rings is 1. The van der Waals surface area contributed by atoms with Crippen molar-refractivity contribution in [3.05, 3.63) is 17.8 Å². The molecule has 0 radical (unpaired) electrons. The molecule has 0 unspecified atom stereocenters. The van der Waals surface area contributed by atoms with Crippen LogP contribution >= 0.6 is 0 Å². The molecule has 0 spiro atoms. The Hall–Kier alpha value is -2.09. The summed E-state index contributed by atoms with van der Waals surface area (Å²) in [6.45, 7) is 1.40. The summed E-state index contributed by atoms with van der Waals surface area (Å²) in [6, 6.07) is 3.42. The molecule has 1 aromatic rings. The second-order valence-corrected chi connectivity index (χ2v) is 2.83. The molecule has 0 saturated heterocycles. The van der Waals surface area contributed by atoms with Crippen LogP contribution in [-0.2, 0) is 4.79 Å². The van der Waals surface area contributed by atoms with Gasteiger partial charge < -0.3 is 5.73 Å². The maximum atomic E-state index is 11.0. The van der Waals surface area contributed by atoms with Crippen molar-refractivity contribution in [3.63, 3.8) is 0 Å². The van der Waals surface area contributed by atoms with Crippen LogP contribution in [0.1, 0.15) is 12.5 Å². The Morgan fingerprint density at radius 3 is 2.86 bits per heavy atom. The highest BCUT2D eigenvalue weighted by Crippen LogP contribution is 2.17. The third-order valence-electron chi connectivity index (χ3n) is 1.80. The molecule has 0 aliphatic rings. The van der Waals surface area contributed by atoms with E-state index in [9.17, 15) is 4.79 Å². The van der Waals surface area contributed by atoms with E-state index < -0.39 is 0 Å². The highest BCUT2D eigenvalue weighted by atomic mass is 16.2. The molecule has 0 fully saturated rings. The quantitative estimate of drug-likeness (QED) is 0.699. The predicted octanol–water partition coefficient (Wildman–Crippen LogP) is 0.518. The first-order valence-electron chi connectivity index (χ1n) is 3.96. The van der Waals surface area contributed by atoms with E-state index in [1.165, 1.54) is 24.1 Å². The Morgan fingerprint density at radius 1 is 1.71 bits per heavy atom. The Labute approximate surface area is 81.8 Å². The number of carbonyl (C=O) groups is 1. The molecule has 0 aromatic carbocycles. The Bertz CT molecular complexity index is 408. The summed E-state index contributed by atoms with van der Waals surface area (Å²) < 4.78 is 0. The van der Waals surface area contributed by atoms with Crippen molar-refractivity contribution in [1.82, 2.24) is 4.98 Å². The van der Waals surface area contributed by atoms with Crippen LogP contribution < -0.4 is 10.6 Å². The van der Waals surface area contributed by atoms with E-state index in [2.05, 4.69) is 4.98 Å². The minimum Gasteiger partial charge on any atom is -0.397 e. The molecule has 0 saturated carbocycles. The number of nitrogens with zero attached hydrogens (tertiary/aromatic N) is 3. The van der Waals surface area contributed by atoms with Crippen LogP contribution in [0.15, 0.2) is 12.3 Å². The van der Waals surface area contributed by atoms with Gasteiger partial charge in [-0.25, -0.2) is 4.98 Å². The van der Waals surface area contributed by atoms with Gasteiger partial charge in [-0.15, -0.1) is 0 Å². The van der Waals surface area contributed by atoms with Crippen molar-refractivity contribution in [2.75, 3.05) is 17.7 Å². The molecule has 2 N–H and O–H groups in total. The van der Waals surface area contributed by atoms with Crippen LogP contribution in [0.4, 0.5) is 11.5 Å². The molecular formula is C9H10N4O. The molecule has 1 heterocycles. The van der Waals surface area contributed by atoms with E-state index in [0.29, 0.717) is 17.1 Å². The van der Waals surface area contributed by atoms with Gasteiger partial charge in [0, 0.05) is 14.0 Å². The summed E-state index contributed by atoms with van der Waals surface area (Å²) in [4.78, 5) is 16.3. The van der Waals surface area contributed by atoms with Crippen LogP contribution in [0.25, 0.3) is 0 Å². The second-order valence-electron chi connectivity index (χ2n) is 2.83. The van der Waals surface area contributed by atoms with Gasteiger partial charge in [0.1, 0.15) is 6.07 Å². The van der Waals surface area contributed by atoms with Gasteiger partial charge in [-0.1, -0.05) is 0 Å². The number of nitrogen functional groups attached to an aromatic ring is 1. The zero-order valence-electron chi connectivity index (χ0n) is 7.98. The molecule has 1 amide bonds. The molecule has 14 heavy (non-hydrogen) atoms.